The van der Waals surface area contributed by atoms with Gasteiger partial charge in [0.15, 0.2) is 29.8 Å². The number of aromatic nitrogens is 4. The van der Waals surface area contributed by atoms with Crippen LogP contribution in [-0.4, -0.2) is 63.3 Å². The summed E-state index contributed by atoms with van der Waals surface area (Å²) >= 11 is 0. The molecule has 150 valence electrons. The summed E-state index contributed by atoms with van der Waals surface area (Å²) in [5.41, 5.74) is 0. The lowest BCUT2D eigenvalue weighted by molar-refractivity contribution is -0.133. The molecule has 8 nitrogen and oxygen atoms in total. The summed E-state index contributed by atoms with van der Waals surface area (Å²) in [5, 5.41) is 8.44. The van der Waals surface area contributed by atoms with E-state index >= 15 is 0 Å². The van der Waals surface area contributed by atoms with Gasteiger partial charge in [0, 0.05) is 44.6 Å². The van der Waals surface area contributed by atoms with Crippen LogP contribution in [0.15, 0.2) is 49.1 Å². The Kier molecular flexibility index (Phi) is 5.32. The van der Waals surface area contributed by atoms with Gasteiger partial charge in [-0.2, -0.15) is 0 Å². The van der Waals surface area contributed by atoms with Crippen molar-refractivity contribution < 1.29 is 18.3 Å². The molecule has 0 aliphatic carbocycles. The summed E-state index contributed by atoms with van der Waals surface area (Å²) in [5.74, 6) is -0.531. The molecule has 0 radical (unpaired) electrons. The molecule has 0 N–H and O–H groups in total. The number of anilines is 1. The van der Waals surface area contributed by atoms with Crippen molar-refractivity contribution in [3.63, 3.8) is 0 Å². The van der Waals surface area contributed by atoms with E-state index < -0.39 is 11.6 Å². The van der Waals surface area contributed by atoms with Gasteiger partial charge in [-0.1, -0.05) is 0 Å². The number of imidazole rings is 1. The highest BCUT2D eigenvalue weighted by atomic mass is 19.1. The third-order valence-corrected chi connectivity index (χ3v) is 4.61. The lowest BCUT2D eigenvalue weighted by Crippen LogP contribution is -2.50. The molecule has 1 amide bonds. The van der Waals surface area contributed by atoms with Gasteiger partial charge in [-0.05, 0) is 24.3 Å². The average Bonchev–Trinajstić information content (AvgIpc) is 3.28. The molecule has 3 heterocycles. The van der Waals surface area contributed by atoms with Crippen LogP contribution in [0.2, 0.25) is 0 Å². The predicted molar refractivity (Wildman–Crippen MR) is 99.8 cm³/mol. The van der Waals surface area contributed by atoms with E-state index in [4.69, 9.17) is 4.74 Å². The number of hydrogen-bond donors (Lipinski definition) is 0. The molecule has 10 heteroatoms. The van der Waals surface area contributed by atoms with Crippen LogP contribution in [0, 0.1) is 11.6 Å². The van der Waals surface area contributed by atoms with Crippen molar-refractivity contribution in [2.24, 2.45) is 0 Å². The monoisotopic (exact) mass is 400 g/mol. The third kappa shape index (κ3) is 4.31. The minimum absolute atomic E-state index is 0.147. The van der Waals surface area contributed by atoms with E-state index in [0.29, 0.717) is 32.0 Å². The summed E-state index contributed by atoms with van der Waals surface area (Å²) < 4.78 is 33.5. The summed E-state index contributed by atoms with van der Waals surface area (Å²) in [7, 11) is 0. The molecule has 2 aromatic heterocycles. The van der Waals surface area contributed by atoms with Crippen molar-refractivity contribution in [3.05, 3.63) is 60.7 Å². The zero-order chi connectivity index (χ0) is 20.2. The van der Waals surface area contributed by atoms with Crippen LogP contribution in [0.3, 0.4) is 0 Å². The van der Waals surface area contributed by atoms with Crippen LogP contribution >= 0.6 is 0 Å². The summed E-state index contributed by atoms with van der Waals surface area (Å²) in [6.07, 6.45) is 5.10. The Bertz CT molecular complexity index is 973. The third-order valence-electron chi connectivity index (χ3n) is 4.61. The molecular weight excluding hydrogens is 382 g/mol. The topological polar surface area (TPSA) is 76.4 Å². The van der Waals surface area contributed by atoms with Crippen LogP contribution in [0.5, 0.6) is 5.75 Å². The molecule has 1 fully saturated rings. The molecule has 1 aliphatic heterocycles. The Balaban J connectivity index is 1.29. The number of hydrogen-bond acceptors (Lipinski definition) is 6. The fourth-order valence-corrected chi connectivity index (χ4v) is 3.03. The number of carbonyl (C=O) groups excluding carboxylic acids is 1. The second kappa shape index (κ2) is 8.21. The van der Waals surface area contributed by atoms with Crippen molar-refractivity contribution in [2.45, 2.75) is 0 Å². The van der Waals surface area contributed by atoms with Gasteiger partial charge in [0.05, 0.1) is 0 Å². The predicted octanol–water partition coefficient (Wildman–Crippen LogP) is 1.67. The van der Waals surface area contributed by atoms with Gasteiger partial charge in [-0.3, -0.25) is 9.36 Å². The molecule has 1 aromatic carbocycles. The standard InChI is InChI=1S/C19H18F2N6O2/c20-14-1-2-16(15(21)11-14)29-12-19(28)26-9-7-25(8-10-26)17-3-4-18(24-23-17)27-6-5-22-13-27/h1-6,11,13H,7-10,12H2. The van der Waals surface area contributed by atoms with Crippen LogP contribution in [-0.2, 0) is 4.79 Å². The fraction of sp³-hybridized carbons (Fsp3) is 0.263. The zero-order valence-electron chi connectivity index (χ0n) is 15.4. The Labute approximate surface area is 165 Å². The van der Waals surface area contributed by atoms with Crippen molar-refractivity contribution in [1.82, 2.24) is 24.6 Å². The second-order valence-corrected chi connectivity index (χ2v) is 6.45. The Hall–Kier alpha value is -3.56. The smallest absolute Gasteiger partial charge is 0.260 e. The van der Waals surface area contributed by atoms with Crippen molar-refractivity contribution in [1.29, 1.82) is 0 Å². The van der Waals surface area contributed by atoms with E-state index in [9.17, 15) is 13.6 Å². The van der Waals surface area contributed by atoms with Gasteiger partial charge in [0.2, 0.25) is 0 Å². The maximum atomic E-state index is 13.6. The highest BCUT2D eigenvalue weighted by Gasteiger charge is 2.23. The van der Waals surface area contributed by atoms with Gasteiger partial charge in [-0.25, -0.2) is 13.8 Å². The van der Waals surface area contributed by atoms with Crippen molar-refractivity contribution in [3.8, 4) is 11.6 Å². The molecular formula is C19H18F2N6O2. The van der Waals surface area contributed by atoms with E-state index in [0.717, 1.165) is 18.0 Å². The number of halogens is 2. The van der Waals surface area contributed by atoms with Crippen molar-refractivity contribution in [2.75, 3.05) is 37.7 Å². The molecule has 0 bridgehead atoms. The first kappa shape index (κ1) is 18.8. The SMILES string of the molecule is O=C(COc1ccc(F)cc1F)N1CCN(c2ccc(-n3ccnc3)nn2)CC1. The lowest BCUT2D eigenvalue weighted by atomic mass is 10.3. The molecule has 1 aliphatic rings. The van der Waals surface area contributed by atoms with Crippen LogP contribution in [0.25, 0.3) is 5.82 Å². The van der Waals surface area contributed by atoms with Crippen molar-refractivity contribution >= 4 is 11.7 Å². The number of piperazine rings is 1. The number of nitrogens with zero attached hydrogens (tertiary/aromatic N) is 6. The highest BCUT2D eigenvalue weighted by Crippen LogP contribution is 2.18. The number of rotatable bonds is 5. The molecule has 4 rings (SSSR count). The minimum atomic E-state index is -0.833. The maximum absolute atomic E-state index is 13.6. The van der Waals surface area contributed by atoms with E-state index in [1.165, 1.54) is 6.07 Å². The fourth-order valence-electron chi connectivity index (χ4n) is 3.03. The first-order valence-corrected chi connectivity index (χ1v) is 9.03. The molecule has 29 heavy (non-hydrogen) atoms. The zero-order valence-corrected chi connectivity index (χ0v) is 15.4. The van der Waals surface area contributed by atoms with Gasteiger partial charge in [0.25, 0.3) is 5.91 Å². The molecule has 3 aromatic rings. The Morgan fingerprint density at radius 3 is 2.45 bits per heavy atom. The minimum Gasteiger partial charge on any atom is -0.481 e. The summed E-state index contributed by atoms with van der Waals surface area (Å²) in [4.78, 5) is 20.0. The van der Waals surface area contributed by atoms with Gasteiger partial charge >= 0.3 is 0 Å². The average molecular weight is 400 g/mol. The Morgan fingerprint density at radius 1 is 1.03 bits per heavy atom. The van der Waals surface area contributed by atoms with Gasteiger partial charge in [0.1, 0.15) is 12.1 Å². The summed E-state index contributed by atoms with van der Waals surface area (Å²) in [6.45, 7) is 1.85. The highest BCUT2D eigenvalue weighted by molar-refractivity contribution is 5.78. The van der Waals surface area contributed by atoms with E-state index in [-0.39, 0.29) is 18.3 Å². The number of benzene rings is 1. The van der Waals surface area contributed by atoms with E-state index in [2.05, 4.69) is 15.2 Å². The van der Waals surface area contributed by atoms with Crippen LogP contribution in [0.1, 0.15) is 0 Å². The number of carbonyl (C=O) groups is 1. The lowest BCUT2D eigenvalue weighted by Gasteiger charge is -2.35. The van der Waals surface area contributed by atoms with Crippen LogP contribution in [0.4, 0.5) is 14.6 Å². The number of amides is 1. The molecule has 0 unspecified atom stereocenters. The van der Waals surface area contributed by atoms with E-state index in [1.807, 2.05) is 17.0 Å². The maximum Gasteiger partial charge on any atom is 0.260 e. The largest absolute Gasteiger partial charge is 0.481 e. The second-order valence-electron chi connectivity index (χ2n) is 6.45. The Morgan fingerprint density at radius 2 is 1.79 bits per heavy atom. The quantitative estimate of drug-likeness (QED) is 0.649. The normalized spacial score (nSPS) is 14.1. The molecule has 0 saturated carbocycles. The molecule has 0 spiro atoms. The first-order valence-electron chi connectivity index (χ1n) is 9.03. The molecule has 1 saturated heterocycles. The van der Waals surface area contributed by atoms with Gasteiger partial charge in [-0.15, -0.1) is 10.2 Å². The first-order chi connectivity index (χ1) is 14.1. The van der Waals surface area contributed by atoms with E-state index in [1.54, 1.807) is 28.2 Å². The number of ether oxygens (including phenoxy) is 1. The summed E-state index contributed by atoms with van der Waals surface area (Å²) in [6, 6.07) is 6.70. The molecule has 0 atom stereocenters. The van der Waals surface area contributed by atoms with Gasteiger partial charge < -0.3 is 14.5 Å². The van der Waals surface area contributed by atoms with Crippen LogP contribution < -0.4 is 9.64 Å².